The van der Waals surface area contributed by atoms with E-state index in [1.165, 1.54) is 5.56 Å². The first kappa shape index (κ1) is 21.7. The highest BCUT2D eigenvalue weighted by Crippen LogP contribution is 2.21. The highest BCUT2D eigenvalue weighted by Gasteiger charge is 2.16. The number of hydrogen-bond donors (Lipinski definition) is 1. The van der Waals surface area contributed by atoms with Gasteiger partial charge in [0.15, 0.2) is 0 Å². The molecule has 1 amide bonds. The molecule has 0 spiro atoms. The quantitative estimate of drug-likeness (QED) is 0.607. The zero-order valence-electron chi connectivity index (χ0n) is 17.2. The Hall–Kier alpha value is -2.02. The second kappa shape index (κ2) is 11.9. The lowest BCUT2D eigenvalue weighted by Gasteiger charge is -2.34. The molecule has 156 valence electrons. The first-order valence-electron chi connectivity index (χ1n) is 10.2. The molecule has 2 aromatic rings. The molecule has 6 heteroatoms. The Bertz CT molecular complexity index is 732. The zero-order chi connectivity index (χ0) is 20.3. The molecule has 1 saturated heterocycles. The topological polar surface area (TPSA) is 44.8 Å². The third-order valence-corrected chi connectivity index (χ3v) is 6.14. The van der Waals surface area contributed by atoms with Crippen molar-refractivity contribution < 1.29 is 9.53 Å². The highest BCUT2D eigenvalue weighted by molar-refractivity contribution is 7.99. The molecule has 0 aromatic heterocycles. The van der Waals surface area contributed by atoms with Gasteiger partial charge < -0.3 is 10.1 Å². The van der Waals surface area contributed by atoms with Crippen LogP contribution in [-0.2, 0) is 11.3 Å². The summed E-state index contributed by atoms with van der Waals surface area (Å²) in [6.45, 7) is 6.98. The monoisotopic (exact) mass is 413 g/mol. The maximum Gasteiger partial charge on any atom is 0.220 e. The van der Waals surface area contributed by atoms with E-state index < -0.39 is 0 Å². The van der Waals surface area contributed by atoms with Crippen molar-refractivity contribution in [3.63, 3.8) is 0 Å². The number of rotatable bonds is 10. The van der Waals surface area contributed by atoms with Crippen molar-refractivity contribution in [1.29, 1.82) is 0 Å². The average molecular weight is 414 g/mol. The van der Waals surface area contributed by atoms with Crippen molar-refractivity contribution in [1.82, 2.24) is 15.1 Å². The van der Waals surface area contributed by atoms with Crippen LogP contribution in [0, 0.1) is 0 Å². The van der Waals surface area contributed by atoms with Crippen LogP contribution in [0.4, 0.5) is 0 Å². The highest BCUT2D eigenvalue weighted by atomic mass is 32.2. The van der Waals surface area contributed by atoms with Gasteiger partial charge in [0.25, 0.3) is 0 Å². The van der Waals surface area contributed by atoms with Gasteiger partial charge in [-0.2, -0.15) is 0 Å². The lowest BCUT2D eigenvalue weighted by atomic mass is 10.2. The average Bonchev–Trinajstić information content (AvgIpc) is 2.76. The SMILES string of the molecule is COc1ccc(SCCC(=O)NCCN2CCN(Cc3ccccc3)CC2)cc1. The summed E-state index contributed by atoms with van der Waals surface area (Å²) in [4.78, 5) is 18.2. The van der Waals surface area contributed by atoms with E-state index in [9.17, 15) is 4.79 Å². The fourth-order valence-electron chi connectivity index (χ4n) is 3.39. The van der Waals surface area contributed by atoms with Crippen LogP contribution in [0.15, 0.2) is 59.5 Å². The summed E-state index contributed by atoms with van der Waals surface area (Å²) in [6, 6.07) is 18.6. The first-order valence-corrected chi connectivity index (χ1v) is 11.2. The number of nitrogens with zero attached hydrogens (tertiary/aromatic N) is 2. The summed E-state index contributed by atoms with van der Waals surface area (Å²) in [5, 5.41) is 3.06. The summed E-state index contributed by atoms with van der Waals surface area (Å²) in [5.41, 5.74) is 1.38. The van der Waals surface area contributed by atoms with Crippen LogP contribution in [0.3, 0.4) is 0 Å². The molecule has 0 saturated carbocycles. The third kappa shape index (κ3) is 7.72. The van der Waals surface area contributed by atoms with Gasteiger partial charge in [0.1, 0.15) is 5.75 Å². The molecule has 0 aliphatic carbocycles. The van der Waals surface area contributed by atoms with Gasteiger partial charge in [0.2, 0.25) is 5.91 Å². The molecule has 1 heterocycles. The van der Waals surface area contributed by atoms with Crippen molar-refractivity contribution in [3.8, 4) is 5.75 Å². The largest absolute Gasteiger partial charge is 0.497 e. The number of piperazine rings is 1. The van der Waals surface area contributed by atoms with Crippen molar-refractivity contribution >= 4 is 17.7 Å². The van der Waals surface area contributed by atoms with Gasteiger partial charge in [0.05, 0.1) is 7.11 Å². The molecule has 5 nitrogen and oxygen atoms in total. The first-order chi connectivity index (χ1) is 14.2. The van der Waals surface area contributed by atoms with Gasteiger partial charge in [-0.3, -0.25) is 14.6 Å². The number of benzene rings is 2. The number of carbonyl (C=O) groups is 1. The Morgan fingerprint density at radius 3 is 2.38 bits per heavy atom. The van der Waals surface area contributed by atoms with Gasteiger partial charge in [-0.05, 0) is 29.8 Å². The van der Waals surface area contributed by atoms with Gasteiger partial charge in [0, 0.05) is 62.9 Å². The minimum Gasteiger partial charge on any atom is -0.497 e. The second-order valence-corrected chi connectivity index (χ2v) is 8.40. The summed E-state index contributed by atoms with van der Waals surface area (Å²) in [6.07, 6.45) is 0.543. The van der Waals surface area contributed by atoms with Crippen LogP contribution in [0.1, 0.15) is 12.0 Å². The normalized spacial score (nSPS) is 15.2. The Morgan fingerprint density at radius 2 is 1.69 bits per heavy atom. The minimum absolute atomic E-state index is 0.133. The van der Waals surface area contributed by atoms with Gasteiger partial charge in [-0.15, -0.1) is 11.8 Å². The van der Waals surface area contributed by atoms with Crippen LogP contribution in [0.25, 0.3) is 0 Å². The molecule has 1 fully saturated rings. The van der Waals surface area contributed by atoms with Crippen molar-refractivity contribution in [2.75, 3.05) is 52.1 Å². The van der Waals surface area contributed by atoms with Crippen molar-refractivity contribution in [2.24, 2.45) is 0 Å². The third-order valence-electron chi connectivity index (χ3n) is 5.12. The molecule has 1 aliphatic heterocycles. The molecule has 1 aliphatic rings. The van der Waals surface area contributed by atoms with E-state index in [1.807, 2.05) is 24.3 Å². The maximum absolute atomic E-state index is 12.1. The van der Waals surface area contributed by atoms with E-state index in [0.29, 0.717) is 6.42 Å². The van der Waals surface area contributed by atoms with Crippen LogP contribution in [0.5, 0.6) is 5.75 Å². The standard InChI is InChI=1S/C23H31N3O2S/c1-28-21-7-9-22(10-8-21)29-18-11-23(27)24-12-13-25-14-16-26(17-15-25)19-20-5-3-2-4-6-20/h2-10H,11-19H2,1H3,(H,24,27). The predicted octanol–water partition coefficient (Wildman–Crippen LogP) is 3.11. The molecule has 0 atom stereocenters. The second-order valence-electron chi connectivity index (χ2n) is 7.23. The molecule has 3 rings (SSSR count). The summed E-state index contributed by atoms with van der Waals surface area (Å²) in [5.74, 6) is 1.78. The van der Waals surface area contributed by atoms with Crippen molar-refractivity contribution in [3.05, 3.63) is 60.2 Å². The molecule has 0 bridgehead atoms. The fraction of sp³-hybridized carbons (Fsp3) is 0.435. The van der Waals surface area contributed by atoms with Crippen LogP contribution >= 0.6 is 11.8 Å². The smallest absolute Gasteiger partial charge is 0.220 e. The molecule has 29 heavy (non-hydrogen) atoms. The van der Waals surface area contributed by atoms with E-state index in [-0.39, 0.29) is 5.91 Å². The van der Waals surface area contributed by atoms with Crippen LogP contribution < -0.4 is 10.1 Å². The zero-order valence-corrected chi connectivity index (χ0v) is 18.0. The van der Waals surface area contributed by atoms with E-state index in [1.54, 1.807) is 18.9 Å². The van der Waals surface area contributed by atoms with Gasteiger partial charge in [-0.1, -0.05) is 30.3 Å². The number of carbonyl (C=O) groups excluding carboxylic acids is 1. The van der Waals surface area contributed by atoms with Gasteiger partial charge >= 0.3 is 0 Å². The molecule has 0 unspecified atom stereocenters. The molecule has 0 radical (unpaired) electrons. The van der Waals surface area contributed by atoms with Crippen LogP contribution in [0.2, 0.25) is 0 Å². The number of ether oxygens (including phenoxy) is 1. The Labute approximate surface area is 178 Å². The molecule has 2 aromatic carbocycles. The lowest BCUT2D eigenvalue weighted by Crippen LogP contribution is -2.48. The number of hydrogen-bond acceptors (Lipinski definition) is 5. The number of methoxy groups -OCH3 is 1. The lowest BCUT2D eigenvalue weighted by molar-refractivity contribution is -0.120. The van der Waals surface area contributed by atoms with E-state index in [2.05, 4.69) is 45.4 Å². The summed E-state index contributed by atoms with van der Waals surface area (Å²) in [7, 11) is 1.66. The summed E-state index contributed by atoms with van der Waals surface area (Å²) < 4.78 is 5.16. The minimum atomic E-state index is 0.133. The van der Waals surface area contributed by atoms with Gasteiger partial charge in [-0.25, -0.2) is 0 Å². The molecular formula is C23H31N3O2S. The Morgan fingerprint density at radius 1 is 1.00 bits per heavy atom. The number of amides is 1. The van der Waals surface area contributed by atoms with E-state index in [4.69, 9.17) is 4.74 Å². The van der Waals surface area contributed by atoms with E-state index in [0.717, 1.165) is 62.2 Å². The van der Waals surface area contributed by atoms with Crippen LogP contribution in [-0.4, -0.2) is 67.8 Å². The summed E-state index contributed by atoms with van der Waals surface area (Å²) >= 11 is 1.70. The van der Waals surface area contributed by atoms with E-state index >= 15 is 0 Å². The number of nitrogens with one attached hydrogen (secondary N) is 1. The Balaban J connectivity index is 1.24. The predicted molar refractivity (Wildman–Crippen MR) is 120 cm³/mol. The van der Waals surface area contributed by atoms with Crippen molar-refractivity contribution in [2.45, 2.75) is 17.9 Å². The molecular weight excluding hydrogens is 382 g/mol. The number of thioether (sulfide) groups is 1. The molecule has 1 N–H and O–H groups in total. The fourth-order valence-corrected chi connectivity index (χ4v) is 4.24. The Kier molecular flexibility index (Phi) is 8.86. The maximum atomic E-state index is 12.1.